The van der Waals surface area contributed by atoms with Crippen molar-refractivity contribution in [1.29, 1.82) is 0 Å². The van der Waals surface area contributed by atoms with Gasteiger partial charge in [-0.1, -0.05) is 0 Å². The van der Waals surface area contributed by atoms with E-state index in [1.807, 2.05) is 0 Å². The predicted octanol–water partition coefficient (Wildman–Crippen LogP) is 2.55. The van der Waals surface area contributed by atoms with Gasteiger partial charge in [0.1, 0.15) is 5.69 Å². The maximum Gasteiger partial charge on any atom is 0.501 e. The predicted molar refractivity (Wildman–Crippen MR) is 93.9 cm³/mol. The molecule has 0 bridgehead atoms. The summed E-state index contributed by atoms with van der Waals surface area (Å²) in [7, 11) is -5.71. The molecule has 0 aliphatic carbocycles. The van der Waals surface area contributed by atoms with E-state index in [2.05, 4.69) is 20.5 Å². The fourth-order valence-corrected chi connectivity index (χ4v) is 3.48. The van der Waals surface area contributed by atoms with Gasteiger partial charge in [0, 0.05) is 17.5 Å². The van der Waals surface area contributed by atoms with Crippen molar-refractivity contribution >= 4 is 27.0 Å². The number of halogens is 3. The molecule has 0 atom stereocenters. The Morgan fingerprint density at radius 3 is 2.52 bits per heavy atom. The second-order valence-corrected chi connectivity index (χ2v) is 7.97. The van der Waals surface area contributed by atoms with Crippen LogP contribution in [0.25, 0.3) is 5.78 Å². The summed E-state index contributed by atoms with van der Waals surface area (Å²) in [6, 6.07) is 3.69. The molecule has 0 spiro atoms. The van der Waals surface area contributed by atoms with Crippen molar-refractivity contribution < 1.29 is 26.5 Å². The number of rotatable bonds is 5. The SMILES string of the molecule is Cc1cc(C)n2c(CNc3ccc(S(=O)(=O)C(F)(F)F)cc3[N+](=O)[O-])nnc2n1. The highest BCUT2D eigenvalue weighted by atomic mass is 32.2. The quantitative estimate of drug-likeness (QED) is 0.482. The molecule has 3 rings (SSSR count). The first-order valence-corrected chi connectivity index (χ1v) is 9.42. The highest BCUT2D eigenvalue weighted by Gasteiger charge is 2.47. The lowest BCUT2D eigenvalue weighted by Gasteiger charge is -2.11. The lowest BCUT2D eigenvalue weighted by Crippen LogP contribution is -2.23. The molecular formula is C15H13F3N6O4S. The minimum Gasteiger partial charge on any atom is -0.372 e. The second kappa shape index (κ2) is 6.95. The Morgan fingerprint density at radius 2 is 1.90 bits per heavy atom. The Balaban J connectivity index is 1.95. The number of nitrogens with zero attached hydrogens (tertiary/aromatic N) is 5. The molecule has 0 aliphatic heterocycles. The highest BCUT2D eigenvalue weighted by molar-refractivity contribution is 7.92. The molecule has 1 aromatic carbocycles. The Morgan fingerprint density at radius 1 is 1.21 bits per heavy atom. The minimum atomic E-state index is -5.71. The van der Waals surface area contributed by atoms with Crippen LogP contribution in [0.3, 0.4) is 0 Å². The third kappa shape index (κ3) is 3.70. The number of nitro benzene ring substituents is 1. The second-order valence-electron chi connectivity index (χ2n) is 6.03. The van der Waals surface area contributed by atoms with Crippen molar-refractivity contribution in [3.05, 3.63) is 51.6 Å². The van der Waals surface area contributed by atoms with Crippen molar-refractivity contribution in [3.8, 4) is 0 Å². The number of fused-ring (bicyclic) bond motifs is 1. The Bertz CT molecular complexity index is 1220. The summed E-state index contributed by atoms with van der Waals surface area (Å²) in [6.45, 7) is 3.49. The number of hydrogen-bond acceptors (Lipinski definition) is 8. The number of nitro groups is 1. The maximum absolute atomic E-state index is 12.7. The van der Waals surface area contributed by atoms with Crippen LogP contribution in [0.2, 0.25) is 0 Å². The van der Waals surface area contributed by atoms with E-state index in [0.717, 1.165) is 17.5 Å². The van der Waals surface area contributed by atoms with Crippen LogP contribution in [-0.2, 0) is 16.4 Å². The number of hydrogen-bond donors (Lipinski definition) is 1. The first kappa shape index (κ1) is 20.4. The summed E-state index contributed by atoms with van der Waals surface area (Å²) in [5.41, 5.74) is -5.09. The first-order valence-electron chi connectivity index (χ1n) is 7.94. The van der Waals surface area contributed by atoms with Crippen LogP contribution in [0.4, 0.5) is 24.5 Å². The fourth-order valence-electron chi connectivity index (χ4n) is 2.70. The molecule has 0 fully saturated rings. The van der Waals surface area contributed by atoms with Gasteiger partial charge in [0.05, 0.1) is 16.4 Å². The third-order valence-corrected chi connectivity index (χ3v) is 5.46. The summed E-state index contributed by atoms with van der Waals surface area (Å²) >= 11 is 0. The van der Waals surface area contributed by atoms with Gasteiger partial charge in [0.25, 0.3) is 21.3 Å². The number of aromatic nitrogens is 4. The number of sulfone groups is 1. The molecule has 2 aromatic heterocycles. The summed E-state index contributed by atoms with van der Waals surface area (Å²) in [5.74, 6) is 0.673. The lowest BCUT2D eigenvalue weighted by atomic mass is 10.2. The van der Waals surface area contributed by atoms with Crippen molar-refractivity contribution in [3.63, 3.8) is 0 Å². The molecule has 0 saturated heterocycles. The normalized spacial score (nSPS) is 12.3. The molecule has 29 heavy (non-hydrogen) atoms. The largest absolute Gasteiger partial charge is 0.501 e. The highest BCUT2D eigenvalue weighted by Crippen LogP contribution is 2.34. The molecule has 0 unspecified atom stereocenters. The Labute approximate surface area is 161 Å². The van der Waals surface area contributed by atoms with Crippen molar-refractivity contribution in [1.82, 2.24) is 19.6 Å². The van der Waals surface area contributed by atoms with E-state index in [0.29, 0.717) is 23.7 Å². The van der Waals surface area contributed by atoms with E-state index in [4.69, 9.17) is 0 Å². The average Bonchev–Trinajstić information content (AvgIpc) is 3.01. The fraction of sp³-hybridized carbons (Fsp3) is 0.267. The van der Waals surface area contributed by atoms with Gasteiger partial charge >= 0.3 is 5.51 Å². The average molecular weight is 430 g/mol. The van der Waals surface area contributed by atoms with Gasteiger partial charge in [-0.25, -0.2) is 13.4 Å². The van der Waals surface area contributed by atoms with Crippen LogP contribution >= 0.6 is 0 Å². The van der Waals surface area contributed by atoms with Gasteiger partial charge < -0.3 is 5.32 Å². The number of alkyl halides is 3. The minimum absolute atomic E-state index is 0.0705. The van der Waals surface area contributed by atoms with E-state index in [-0.39, 0.29) is 12.2 Å². The molecule has 10 nitrogen and oxygen atoms in total. The molecule has 2 heterocycles. The van der Waals surface area contributed by atoms with E-state index in [9.17, 15) is 31.7 Å². The molecule has 0 radical (unpaired) electrons. The summed E-state index contributed by atoms with van der Waals surface area (Å²) in [6.07, 6.45) is 0. The van der Waals surface area contributed by atoms with Crippen LogP contribution in [0.15, 0.2) is 29.2 Å². The maximum atomic E-state index is 12.7. The molecule has 154 valence electrons. The van der Waals surface area contributed by atoms with Gasteiger partial charge in [-0.3, -0.25) is 14.5 Å². The molecule has 0 aliphatic rings. The summed E-state index contributed by atoms with van der Waals surface area (Å²) < 4.78 is 62.7. The Hall–Kier alpha value is -3.29. The van der Waals surface area contributed by atoms with E-state index < -0.39 is 30.9 Å². The van der Waals surface area contributed by atoms with Gasteiger partial charge in [0.2, 0.25) is 0 Å². The molecule has 0 saturated carbocycles. The van der Waals surface area contributed by atoms with Crippen LogP contribution in [-0.4, -0.2) is 38.4 Å². The van der Waals surface area contributed by atoms with Gasteiger partial charge in [-0.15, -0.1) is 10.2 Å². The monoisotopic (exact) mass is 430 g/mol. The van der Waals surface area contributed by atoms with Gasteiger partial charge in [-0.2, -0.15) is 13.2 Å². The zero-order chi connectivity index (χ0) is 21.6. The molecular weight excluding hydrogens is 417 g/mol. The molecule has 0 amide bonds. The topological polar surface area (TPSA) is 132 Å². The Kier molecular flexibility index (Phi) is 4.90. The van der Waals surface area contributed by atoms with Crippen LogP contribution < -0.4 is 5.32 Å². The van der Waals surface area contributed by atoms with Crippen LogP contribution in [0.1, 0.15) is 17.2 Å². The van der Waals surface area contributed by atoms with E-state index in [1.165, 1.54) is 0 Å². The molecule has 1 N–H and O–H groups in total. The molecule has 14 heteroatoms. The number of benzene rings is 1. The summed E-state index contributed by atoms with van der Waals surface area (Å²) in [4.78, 5) is 13.3. The standard InChI is InChI=1S/C15H13F3N6O4S/c1-8-5-9(2)23-13(21-22-14(23)20-8)7-19-11-4-3-10(6-12(11)24(25)26)29(27,28)15(16,17)18/h3-6,19H,7H2,1-2H3. The lowest BCUT2D eigenvalue weighted by molar-refractivity contribution is -0.384. The number of anilines is 1. The number of aryl methyl sites for hydroxylation is 2. The molecule has 3 aromatic rings. The van der Waals surface area contributed by atoms with Crippen molar-refractivity contribution in [2.24, 2.45) is 0 Å². The number of nitrogens with one attached hydrogen (secondary N) is 1. The van der Waals surface area contributed by atoms with Crippen LogP contribution in [0, 0.1) is 24.0 Å². The first-order chi connectivity index (χ1) is 13.4. The van der Waals surface area contributed by atoms with Gasteiger partial charge in [0.15, 0.2) is 5.82 Å². The van der Waals surface area contributed by atoms with Gasteiger partial charge in [-0.05, 0) is 32.0 Å². The van der Waals surface area contributed by atoms with E-state index in [1.54, 1.807) is 24.3 Å². The van der Waals surface area contributed by atoms with Crippen LogP contribution in [0.5, 0.6) is 0 Å². The third-order valence-electron chi connectivity index (χ3n) is 3.98. The zero-order valence-electron chi connectivity index (χ0n) is 14.9. The smallest absolute Gasteiger partial charge is 0.372 e. The zero-order valence-corrected chi connectivity index (χ0v) is 15.7. The van der Waals surface area contributed by atoms with Crippen molar-refractivity contribution in [2.75, 3.05) is 5.32 Å². The van der Waals surface area contributed by atoms with Crippen molar-refractivity contribution in [2.45, 2.75) is 30.8 Å². The summed E-state index contributed by atoms with van der Waals surface area (Å²) in [5, 5.41) is 21.8. The van der Waals surface area contributed by atoms with E-state index >= 15 is 0 Å².